The summed E-state index contributed by atoms with van der Waals surface area (Å²) in [4.78, 5) is 30.5. The van der Waals surface area contributed by atoms with E-state index in [9.17, 15) is 14.7 Å². The fraction of sp³-hybridized carbons (Fsp3) is 0.429. The van der Waals surface area contributed by atoms with Gasteiger partial charge in [-0.1, -0.05) is 82.8 Å². The predicted molar refractivity (Wildman–Crippen MR) is 148 cm³/mol. The highest BCUT2D eigenvalue weighted by molar-refractivity contribution is 9.10. The second-order valence-electron chi connectivity index (χ2n) is 8.96. The number of Topliss-reactive ketones (excluding diaryl/α,β-unsaturated/α-hetero) is 1. The van der Waals surface area contributed by atoms with Gasteiger partial charge < -0.3 is 14.9 Å². The van der Waals surface area contributed by atoms with Crippen LogP contribution in [0.2, 0.25) is 0 Å². The van der Waals surface area contributed by atoms with E-state index >= 15 is 0 Å². The van der Waals surface area contributed by atoms with Gasteiger partial charge in [-0.15, -0.1) is 0 Å². The Morgan fingerprint density at radius 3 is 2.14 bits per heavy atom. The number of likely N-dealkylation sites (tertiary alicyclic amines) is 1. The van der Waals surface area contributed by atoms with Gasteiger partial charge in [-0.25, -0.2) is 0 Å². The molecule has 2 aromatic carbocycles. The van der Waals surface area contributed by atoms with E-state index in [-0.39, 0.29) is 11.3 Å². The number of benzene rings is 2. The van der Waals surface area contributed by atoms with Crippen LogP contribution in [-0.2, 0) is 9.59 Å². The van der Waals surface area contributed by atoms with Gasteiger partial charge in [-0.3, -0.25) is 9.59 Å². The van der Waals surface area contributed by atoms with Gasteiger partial charge in [0.05, 0.1) is 11.6 Å². The first-order valence-corrected chi connectivity index (χ1v) is 14.0. The standard InChI is InChI=1S/C28H34Br2N2O3/c1-3-5-15-31(16-6-4-2)17-8-18-32-25(21-9-7-10-23(30)19-21)24(27(34)28(32)35)26(33)20-11-13-22(29)14-12-20/h7,9-14,19,25,33H,3-6,8,15-18H2,1-2H3/t25-/m1/s1. The normalized spacial score (nSPS) is 17.5. The number of carbonyl (C=O) groups excluding carboxylic acids is 2. The van der Waals surface area contributed by atoms with Crippen LogP contribution in [0.4, 0.5) is 0 Å². The van der Waals surface area contributed by atoms with Crippen molar-refractivity contribution in [2.24, 2.45) is 0 Å². The third kappa shape index (κ3) is 7.05. The molecule has 0 bridgehead atoms. The summed E-state index contributed by atoms with van der Waals surface area (Å²) in [6.07, 6.45) is 5.37. The number of aliphatic hydroxyl groups is 1. The van der Waals surface area contributed by atoms with Crippen LogP contribution in [0, 0.1) is 0 Å². The van der Waals surface area contributed by atoms with Gasteiger partial charge in [0, 0.05) is 21.1 Å². The summed E-state index contributed by atoms with van der Waals surface area (Å²) >= 11 is 6.91. The Kier molecular flexibility index (Phi) is 10.6. The van der Waals surface area contributed by atoms with Crippen molar-refractivity contribution in [3.63, 3.8) is 0 Å². The Morgan fingerprint density at radius 1 is 0.914 bits per heavy atom. The van der Waals surface area contributed by atoms with Crippen molar-refractivity contribution in [2.45, 2.75) is 52.0 Å². The molecule has 0 radical (unpaired) electrons. The molecule has 1 aliphatic rings. The van der Waals surface area contributed by atoms with Crippen LogP contribution in [0.1, 0.15) is 63.1 Å². The molecule has 1 heterocycles. The Morgan fingerprint density at radius 2 is 1.54 bits per heavy atom. The molecule has 0 aliphatic carbocycles. The highest BCUT2D eigenvalue weighted by Crippen LogP contribution is 2.40. The monoisotopic (exact) mass is 604 g/mol. The molecule has 0 unspecified atom stereocenters. The molecule has 1 atom stereocenters. The van der Waals surface area contributed by atoms with Gasteiger partial charge in [-0.2, -0.15) is 0 Å². The first-order chi connectivity index (χ1) is 16.9. The summed E-state index contributed by atoms with van der Waals surface area (Å²) in [5.74, 6) is -1.33. The lowest BCUT2D eigenvalue weighted by Gasteiger charge is -2.27. The summed E-state index contributed by atoms with van der Waals surface area (Å²) in [6.45, 7) is 7.82. The van der Waals surface area contributed by atoms with Crippen molar-refractivity contribution < 1.29 is 14.7 Å². The lowest BCUT2D eigenvalue weighted by molar-refractivity contribution is -0.140. The van der Waals surface area contributed by atoms with E-state index in [0.717, 1.165) is 66.2 Å². The Hall–Kier alpha value is -1.96. The topological polar surface area (TPSA) is 60.9 Å². The fourth-order valence-corrected chi connectivity index (χ4v) is 5.14. The second kappa shape index (κ2) is 13.4. The average molecular weight is 606 g/mol. The van der Waals surface area contributed by atoms with Crippen molar-refractivity contribution >= 4 is 49.3 Å². The third-order valence-electron chi connectivity index (χ3n) is 6.35. The Balaban J connectivity index is 1.91. The Labute approximate surface area is 225 Å². The number of unbranched alkanes of at least 4 members (excludes halogenated alkanes) is 2. The van der Waals surface area contributed by atoms with Gasteiger partial charge in [-0.05, 0) is 68.7 Å². The first-order valence-electron chi connectivity index (χ1n) is 12.4. The van der Waals surface area contributed by atoms with Crippen molar-refractivity contribution in [1.29, 1.82) is 0 Å². The third-order valence-corrected chi connectivity index (χ3v) is 7.37. The number of nitrogens with zero attached hydrogens (tertiary/aromatic N) is 2. The maximum Gasteiger partial charge on any atom is 0.295 e. The van der Waals surface area contributed by atoms with E-state index in [1.165, 1.54) is 0 Å². The minimum atomic E-state index is -0.635. The zero-order valence-corrected chi connectivity index (χ0v) is 23.6. The van der Waals surface area contributed by atoms with E-state index in [4.69, 9.17) is 0 Å². The molecule has 0 spiro atoms. The van der Waals surface area contributed by atoms with Gasteiger partial charge in [0.1, 0.15) is 5.76 Å². The minimum Gasteiger partial charge on any atom is -0.507 e. The molecule has 0 aromatic heterocycles. The summed E-state index contributed by atoms with van der Waals surface area (Å²) in [5.41, 5.74) is 1.45. The molecule has 5 nitrogen and oxygen atoms in total. The van der Waals surface area contributed by atoms with Crippen LogP contribution < -0.4 is 0 Å². The molecular formula is C28H34Br2N2O3. The smallest absolute Gasteiger partial charge is 0.295 e. The van der Waals surface area contributed by atoms with E-state index in [0.29, 0.717) is 12.1 Å². The molecule has 1 aliphatic heterocycles. The minimum absolute atomic E-state index is 0.143. The quantitative estimate of drug-likeness (QED) is 0.162. The van der Waals surface area contributed by atoms with Gasteiger partial charge >= 0.3 is 0 Å². The van der Waals surface area contributed by atoms with Crippen LogP contribution in [0.15, 0.2) is 63.0 Å². The van der Waals surface area contributed by atoms with Crippen LogP contribution >= 0.6 is 31.9 Å². The Bertz CT molecular complexity index is 1040. The highest BCUT2D eigenvalue weighted by atomic mass is 79.9. The van der Waals surface area contributed by atoms with Gasteiger partial charge in [0.15, 0.2) is 0 Å². The largest absolute Gasteiger partial charge is 0.507 e. The molecule has 7 heteroatoms. The van der Waals surface area contributed by atoms with Crippen LogP contribution in [0.5, 0.6) is 0 Å². The second-order valence-corrected chi connectivity index (χ2v) is 10.8. The van der Waals surface area contributed by atoms with E-state index in [1.807, 2.05) is 24.3 Å². The summed E-state index contributed by atoms with van der Waals surface area (Å²) in [7, 11) is 0. The molecule has 0 saturated carbocycles. The fourth-order valence-electron chi connectivity index (χ4n) is 4.46. The van der Waals surface area contributed by atoms with Crippen molar-refractivity contribution in [3.8, 4) is 0 Å². The zero-order valence-electron chi connectivity index (χ0n) is 20.5. The molecule has 35 heavy (non-hydrogen) atoms. The zero-order chi connectivity index (χ0) is 25.4. The molecule has 1 amide bonds. The number of halogens is 2. The van der Waals surface area contributed by atoms with Crippen LogP contribution in [0.3, 0.4) is 0 Å². The number of ketones is 1. The summed E-state index contributed by atoms with van der Waals surface area (Å²) in [6, 6.07) is 14.1. The molecule has 3 rings (SSSR count). The summed E-state index contributed by atoms with van der Waals surface area (Å²) < 4.78 is 1.73. The molecule has 1 N–H and O–H groups in total. The number of carbonyl (C=O) groups is 2. The van der Waals surface area contributed by atoms with Crippen LogP contribution in [-0.4, -0.2) is 52.8 Å². The number of rotatable bonds is 12. The maximum atomic E-state index is 13.2. The highest BCUT2D eigenvalue weighted by Gasteiger charge is 2.45. The van der Waals surface area contributed by atoms with Crippen molar-refractivity contribution in [3.05, 3.63) is 74.2 Å². The molecule has 1 saturated heterocycles. The SMILES string of the molecule is CCCCN(CCCC)CCCN1C(=O)C(=O)C(=C(O)c2ccc(Br)cc2)[C@H]1c1cccc(Br)c1. The van der Waals surface area contributed by atoms with Gasteiger partial charge in [0.2, 0.25) is 0 Å². The van der Waals surface area contributed by atoms with Crippen LogP contribution in [0.25, 0.3) is 5.76 Å². The number of hydrogen-bond donors (Lipinski definition) is 1. The predicted octanol–water partition coefficient (Wildman–Crippen LogP) is 6.93. The van der Waals surface area contributed by atoms with Crippen molar-refractivity contribution in [2.75, 3.05) is 26.2 Å². The molecule has 2 aromatic rings. The maximum absolute atomic E-state index is 13.2. The van der Waals surface area contributed by atoms with E-state index in [1.54, 1.807) is 29.2 Å². The number of hydrogen-bond acceptors (Lipinski definition) is 4. The number of amides is 1. The molecular weight excluding hydrogens is 572 g/mol. The lowest BCUT2D eigenvalue weighted by Crippen LogP contribution is -2.34. The first kappa shape index (κ1) is 27.6. The molecule has 1 fully saturated rings. The number of aliphatic hydroxyl groups excluding tert-OH is 1. The average Bonchev–Trinajstić information content (AvgIpc) is 3.10. The van der Waals surface area contributed by atoms with Crippen molar-refractivity contribution in [1.82, 2.24) is 9.80 Å². The van der Waals surface area contributed by atoms with E-state index in [2.05, 4.69) is 50.6 Å². The molecule has 188 valence electrons. The summed E-state index contributed by atoms with van der Waals surface area (Å²) in [5, 5.41) is 11.2. The lowest BCUT2D eigenvalue weighted by atomic mass is 9.95. The van der Waals surface area contributed by atoms with E-state index < -0.39 is 17.7 Å². The van der Waals surface area contributed by atoms with Gasteiger partial charge in [0.25, 0.3) is 11.7 Å².